The van der Waals surface area contributed by atoms with Crippen molar-refractivity contribution >= 4 is 11.6 Å². The molecule has 96 valence electrons. The van der Waals surface area contributed by atoms with Gasteiger partial charge in [-0.25, -0.2) is 0 Å². The van der Waals surface area contributed by atoms with Crippen molar-refractivity contribution in [2.24, 2.45) is 5.73 Å². The van der Waals surface area contributed by atoms with Gasteiger partial charge in [-0.1, -0.05) is 13.8 Å². The molecule has 0 radical (unpaired) electrons. The van der Waals surface area contributed by atoms with Crippen molar-refractivity contribution in [1.29, 1.82) is 0 Å². The zero-order valence-electron chi connectivity index (χ0n) is 11.0. The first kappa shape index (κ1) is 12.5. The third-order valence-corrected chi connectivity index (χ3v) is 2.98. The average molecular weight is 246 g/mol. The molecule has 1 fully saturated rings. The van der Waals surface area contributed by atoms with Crippen LogP contribution in [-0.2, 0) is 0 Å². The Kier molecular flexibility index (Phi) is 3.32. The number of amides is 1. The van der Waals surface area contributed by atoms with Gasteiger partial charge in [-0.05, 0) is 37.8 Å². The van der Waals surface area contributed by atoms with Gasteiger partial charge in [0.15, 0.2) is 5.65 Å². The van der Waals surface area contributed by atoms with Crippen LogP contribution in [-0.4, -0.2) is 20.5 Å². The minimum absolute atomic E-state index is 0.412. The van der Waals surface area contributed by atoms with E-state index < -0.39 is 5.91 Å². The zero-order chi connectivity index (χ0) is 13.3. The lowest BCUT2D eigenvalue weighted by molar-refractivity contribution is 0.1000. The largest absolute Gasteiger partial charge is 0.366 e. The first-order valence-electron chi connectivity index (χ1n) is 6.32. The number of pyridine rings is 1. The van der Waals surface area contributed by atoms with Crippen LogP contribution in [0.3, 0.4) is 0 Å². The first-order valence-corrected chi connectivity index (χ1v) is 6.32. The second-order valence-electron chi connectivity index (χ2n) is 4.25. The summed E-state index contributed by atoms with van der Waals surface area (Å²) in [5, 5.41) is 8.07. The summed E-state index contributed by atoms with van der Waals surface area (Å²) in [5.41, 5.74) is 7.63. The summed E-state index contributed by atoms with van der Waals surface area (Å²) < 4.78 is 2.00. The third kappa shape index (κ3) is 2.08. The van der Waals surface area contributed by atoms with E-state index in [9.17, 15) is 4.79 Å². The second-order valence-corrected chi connectivity index (χ2v) is 4.25. The molecule has 1 aliphatic rings. The molecule has 18 heavy (non-hydrogen) atoms. The highest BCUT2D eigenvalue weighted by molar-refractivity contribution is 5.93. The molecule has 0 atom stereocenters. The summed E-state index contributed by atoms with van der Waals surface area (Å²) >= 11 is 0. The van der Waals surface area contributed by atoms with E-state index in [2.05, 4.69) is 10.2 Å². The number of nitrogens with zero attached hydrogens (tertiary/aromatic N) is 3. The van der Waals surface area contributed by atoms with Gasteiger partial charge in [0.2, 0.25) is 5.91 Å². The third-order valence-electron chi connectivity index (χ3n) is 2.98. The van der Waals surface area contributed by atoms with E-state index >= 15 is 0 Å². The quantitative estimate of drug-likeness (QED) is 0.881. The van der Waals surface area contributed by atoms with E-state index in [-0.39, 0.29) is 0 Å². The number of primary amides is 1. The average Bonchev–Trinajstić information content (AvgIpc) is 3.16. The lowest BCUT2D eigenvalue weighted by atomic mass is 10.1. The van der Waals surface area contributed by atoms with Crippen molar-refractivity contribution in [2.75, 3.05) is 0 Å². The molecule has 2 heterocycles. The normalized spacial score (nSPS) is 14.2. The van der Waals surface area contributed by atoms with Crippen LogP contribution in [0.1, 0.15) is 54.5 Å². The first-order chi connectivity index (χ1) is 8.66. The molecule has 3 rings (SSSR count). The van der Waals surface area contributed by atoms with Gasteiger partial charge < -0.3 is 5.73 Å². The molecule has 1 aliphatic carbocycles. The van der Waals surface area contributed by atoms with Crippen molar-refractivity contribution < 1.29 is 4.79 Å². The van der Waals surface area contributed by atoms with Crippen molar-refractivity contribution in [3.05, 3.63) is 29.2 Å². The van der Waals surface area contributed by atoms with Gasteiger partial charge in [-0.15, -0.1) is 10.2 Å². The van der Waals surface area contributed by atoms with Gasteiger partial charge in [-0.3, -0.25) is 9.20 Å². The molecule has 2 N–H and O–H groups in total. The van der Waals surface area contributed by atoms with Gasteiger partial charge in [0.1, 0.15) is 5.82 Å². The van der Waals surface area contributed by atoms with Crippen molar-refractivity contribution in [3.63, 3.8) is 0 Å². The van der Waals surface area contributed by atoms with E-state index in [0.717, 1.165) is 24.4 Å². The molecule has 0 aromatic carbocycles. The lowest BCUT2D eigenvalue weighted by Gasteiger charge is -2.06. The number of carbonyl (C=O) groups excluding carboxylic acids is 1. The Balaban J connectivity index is 0.000000574. The van der Waals surface area contributed by atoms with Gasteiger partial charge in [0, 0.05) is 11.3 Å². The molecular weight excluding hydrogens is 228 g/mol. The summed E-state index contributed by atoms with van der Waals surface area (Å²) in [6, 6.07) is 3.55. The number of rotatable bonds is 2. The van der Waals surface area contributed by atoms with Crippen LogP contribution < -0.4 is 5.73 Å². The summed E-state index contributed by atoms with van der Waals surface area (Å²) in [6.07, 6.45) is 2.32. The van der Waals surface area contributed by atoms with Crippen LogP contribution in [0.4, 0.5) is 0 Å². The van der Waals surface area contributed by atoms with Gasteiger partial charge in [0.25, 0.3) is 0 Å². The summed E-state index contributed by atoms with van der Waals surface area (Å²) in [4.78, 5) is 11.2. The summed E-state index contributed by atoms with van der Waals surface area (Å²) in [5.74, 6) is 0.967. The number of hydrogen-bond acceptors (Lipinski definition) is 3. The lowest BCUT2D eigenvalue weighted by Crippen LogP contribution is -2.12. The standard InChI is InChI=1S/C11H12N4O.C2H6/c1-6-13-14-10-5-8(11(12)16)4-9(15(6)10)7-2-3-7;1-2/h4-5,7H,2-3H2,1H3,(H2,12,16);1-2H3. The Bertz CT molecular complexity index is 584. The molecule has 0 aliphatic heterocycles. The monoisotopic (exact) mass is 246 g/mol. The van der Waals surface area contributed by atoms with E-state index in [0.29, 0.717) is 17.1 Å². The van der Waals surface area contributed by atoms with E-state index in [4.69, 9.17) is 5.73 Å². The van der Waals surface area contributed by atoms with Crippen molar-refractivity contribution in [1.82, 2.24) is 14.6 Å². The predicted octanol–water partition coefficient (Wildman–Crippen LogP) is 2.04. The van der Waals surface area contributed by atoms with Gasteiger partial charge in [0.05, 0.1) is 0 Å². The highest BCUT2D eigenvalue weighted by atomic mass is 16.1. The Labute approximate surface area is 106 Å². The maximum Gasteiger partial charge on any atom is 0.248 e. The Morgan fingerprint density at radius 1 is 1.33 bits per heavy atom. The van der Waals surface area contributed by atoms with Crippen LogP contribution >= 0.6 is 0 Å². The molecule has 5 heteroatoms. The van der Waals surface area contributed by atoms with Crippen LogP contribution in [0.2, 0.25) is 0 Å². The summed E-state index contributed by atoms with van der Waals surface area (Å²) in [7, 11) is 0. The summed E-state index contributed by atoms with van der Waals surface area (Å²) in [6.45, 7) is 5.91. The molecule has 2 aromatic heterocycles. The smallest absolute Gasteiger partial charge is 0.248 e. The maximum atomic E-state index is 11.2. The fourth-order valence-electron chi connectivity index (χ4n) is 2.02. The number of aromatic nitrogens is 3. The Morgan fingerprint density at radius 2 is 2.00 bits per heavy atom. The Morgan fingerprint density at radius 3 is 2.56 bits per heavy atom. The number of aryl methyl sites for hydroxylation is 1. The molecule has 0 bridgehead atoms. The molecule has 0 unspecified atom stereocenters. The van der Waals surface area contributed by atoms with Crippen molar-refractivity contribution in [2.45, 2.75) is 39.5 Å². The topological polar surface area (TPSA) is 73.3 Å². The highest BCUT2D eigenvalue weighted by Crippen LogP contribution is 2.40. The van der Waals surface area contributed by atoms with Crippen LogP contribution in [0.5, 0.6) is 0 Å². The molecule has 1 saturated carbocycles. The fraction of sp³-hybridized carbons (Fsp3) is 0.462. The van der Waals surface area contributed by atoms with Crippen LogP contribution in [0.15, 0.2) is 12.1 Å². The molecule has 5 nitrogen and oxygen atoms in total. The predicted molar refractivity (Wildman–Crippen MR) is 69.6 cm³/mol. The molecule has 2 aromatic rings. The second kappa shape index (κ2) is 4.76. The minimum Gasteiger partial charge on any atom is -0.366 e. The fourth-order valence-corrected chi connectivity index (χ4v) is 2.02. The van der Waals surface area contributed by atoms with Crippen LogP contribution in [0, 0.1) is 6.92 Å². The number of fused-ring (bicyclic) bond motifs is 1. The van der Waals surface area contributed by atoms with E-state index in [1.807, 2.05) is 31.2 Å². The zero-order valence-corrected chi connectivity index (χ0v) is 11.0. The molecule has 0 saturated heterocycles. The maximum absolute atomic E-state index is 11.2. The Hall–Kier alpha value is -1.91. The van der Waals surface area contributed by atoms with E-state index in [1.165, 1.54) is 0 Å². The van der Waals surface area contributed by atoms with E-state index in [1.54, 1.807) is 6.07 Å². The highest BCUT2D eigenvalue weighted by Gasteiger charge is 2.27. The SMILES string of the molecule is CC.Cc1nnc2cc(C(N)=O)cc(C3CC3)n12. The van der Waals surface area contributed by atoms with Gasteiger partial charge in [-0.2, -0.15) is 0 Å². The van der Waals surface area contributed by atoms with Crippen molar-refractivity contribution in [3.8, 4) is 0 Å². The molecule has 0 spiro atoms. The number of nitrogens with two attached hydrogens (primary N) is 1. The number of hydrogen-bond donors (Lipinski definition) is 1. The van der Waals surface area contributed by atoms with Gasteiger partial charge >= 0.3 is 0 Å². The van der Waals surface area contributed by atoms with Crippen LogP contribution in [0.25, 0.3) is 5.65 Å². The molecular formula is C13H18N4O. The number of carbonyl (C=O) groups is 1. The minimum atomic E-state index is -0.412. The molecule has 1 amide bonds.